The van der Waals surface area contributed by atoms with Gasteiger partial charge in [-0.3, -0.25) is 10.1 Å². The second-order valence-corrected chi connectivity index (χ2v) is 4.00. The van der Waals surface area contributed by atoms with Crippen LogP contribution in [0.4, 0.5) is 5.69 Å². The molecule has 0 spiro atoms. The van der Waals surface area contributed by atoms with Crippen LogP contribution in [0, 0.1) is 10.1 Å². The molecule has 1 rings (SSSR count). The quantitative estimate of drug-likeness (QED) is 0.352. The Kier molecular flexibility index (Phi) is 5.05. The molecule has 0 saturated carbocycles. The van der Waals surface area contributed by atoms with Crippen LogP contribution in [-0.4, -0.2) is 36.5 Å². The molecule has 0 aromatic heterocycles. The van der Waals surface area contributed by atoms with Crippen molar-refractivity contribution in [2.75, 3.05) is 20.7 Å². The number of ether oxygens (including phenoxy) is 1. The molecule has 0 radical (unpaired) electrons. The van der Waals surface area contributed by atoms with Crippen molar-refractivity contribution in [3.8, 4) is 0 Å². The standard InChI is InChI=1S/C13H16N2O4/c1-4-19-13(16)11(9-14(2)3)10-7-5-6-8-12(10)15(17)18/h5-9H,4H2,1-3H3/b11-9-. The number of rotatable bonds is 5. The van der Waals surface area contributed by atoms with Gasteiger partial charge in [0.15, 0.2) is 0 Å². The van der Waals surface area contributed by atoms with Crippen molar-refractivity contribution < 1.29 is 14.5 Å². The smallest absolute Gasteiger partial charge is 0.340 e. The fourth-order valence-corrected chi connectivity index (χ4v) is 1.56. The zero-order valence-electron chi connectivity index (χ0n) is 11.1. The lowest BCUT2D eigenvalue weighted by atomic mass is 10.0. The summed E-state index contributed by atoms with van der Waals surface area (Å²) in [4.78, 5) is 24.0. The van der Waals surface area contributed by atoms with Crippen LogP contribution in [0.15, 0.2) is 30.5 Å². The van der Waals surface area contributed by atoms with E-state index in [0.717, 1.165) is 0 Å². The third-order valence-corrected chi connectivity index (χ3v) is 2.27. The van der Waals surface area contributed by atoms with Crippen molar-refractivity contribution in [1.29, 1.82) is 0 Å². The molecule has 102 valence electrons. The summed E-state index contributed by atoms with van der Waals surface area (Å²) in [6.45, 7) is 1.90. The van der Waals surface area contributed by atoms with Gasteiger partial charge in [0, 0.05) is 26.4 Å². The first-order chi connectivity index (χ1) is 8.97. The minimum Gasteiger partial charge on any atom is -0.462 e. The van der Waals surface area contributed by atoms with Gasteiger partial charge in [-0.05, 0) is 13.0 Å². The molecule has 6 heteroatoms. The number of para-hydroxylation sites is 1. The van der Waals surface area contributed by atoms with E-state index in [-0.39, 0.29) is 23.4 Å². The largest absolute Gasteiger partial charge is 0.462 e. The minimum absolute atomic E-state index is 0.122. The maximum atomic E-state index is 11.9. The van der Waals surface area contributed by atoms with Crippen molar-refractivity contribution in [1.82, 2.24) is 4.90 Å². The molecule has 0 amide bonds. The Morgan fingerprint density at radius 1 is 1.42 bits per heavy atom. The monoisotopic (exact) mass is 264 g/mol. The Morgan fingerprint density at radius 3 is 2.58 bits per heavy atom. The van der Waals surface area contributed by atoms with Crippen LogP contribution < -0.4 is 0 Å². The normalized spacial score (nSPS) is 11.0. The number of hydrogen-bond acceptors (Lipinski definition) is 5. The van der Waals surface area contributed by atoms with E-state index >= 15 is 0 Å². The van der Waals surface area contributed by atoms with E-state index in [0.29, 0.717) is 0 Å². The Bertz CT molecular complexity index is 509. The van der Waals surface area contributed by atoms with E-state index in [1.807, 2.05) is 0 Å². The number of nitro benzene ring substituents is 1. The molecule has 6 nitrogen and oxygen atoms in total. The Labute approximate surface area is 111 Å². The number of hydrogen-bond donors (Lipinski definition) is 0. The summed E-state index contributed by atoms with van der Waals surface area (Å²) in [6, 6.07) is 6.09. The van der Waals surface area contributed by atoms with E-state index in [9.17, 15) is 14.9 Å². The average Bonchev–Trinajstić information content (AvgIpc) is 2.36. The molecule has 0 heterocycles. The molecule has 0 atom stereocenters. The molecule has 0 fully saturated rings. The molecule has 1 aromatic carbocycles. The van der Waals surface area contributed by atoms with E-state index in [1.54, 1.807) is 38.1 Å². The predicted molar refractivity (Wildman–Crippen MR) is 71.4 cm³/mol. The van der Waals surface area contributed by atoms with Crippen LogP contribution in [0.2, 0.25) is 0 Å². The van der Waals surface area contributed by atoms with Crippen molar-refractivity contribution >= 4 is 17.2 Å². The highest BCUT2D eigenvalue weighted by molar-refractivity contribution is 6.17. The number of nitrogens with zero attached hydrogens (tertiary/aromatic N) is 2. The lowest BCUT2D eigenvalue weighted by Gasteiger charge is -2.11. The summed E-state index contributed by atoms with van der Waals surface area (Å²) in [5.74, 6) is -0.578. The van der Waals surface area contributed by atoms with E-state index in [4.69, 9.17) is 4.74 Å². The van der Waals surface area contributed by atoms with Gasteiger partial charge in [0.25, 0.3) is 5.69 Å². The molecule has 1 aromatic rings. The third kappa shape index (κ3) is 3.80. The first-order valence-electron chi connectivity index (χ1n) is 5.76. The summed E-state index contributed by atoms with van der Waals surface area (Å²) in [5.41, 5.74) is 0.294. The fourth-order valence-electron chi connectivity index (χ4n) is 1.56. The van der Waals surface area contributed by atoms with Crippen LogP contribution in [0.1, 0.15) is 12.5 Å². The summed E-state index contributed by atoms with van der Waals surface area (Å²) in [6.07, 6.45) is 1.51. The van der Waals surface area contributed by atoms with Gasteiger partial charge < -0.3 is 9.64 Å². The first kappa shape index (κ1) is 14.7. The van der Waals surface area contributed by atoms with Gasteiger partial charge in [-0.25, -0.2) is 4.79 Å². The van der Waals surface area contributed by atoms with Gasteiger partial charge in [0.2, 0.25) is 0 Å². The topological polar surface area (TPSA) is 72.7 Å². The zero-order chi connectivity index (χ0) is 14.4. The highest BCUT2D eigenvalue weighted by Gasteiger charge is 2.22. The molecular formula is C13H16N2O4. The molecule has 0 unspecified atom stereocenters. The van der Waals surface area contributed by atoms with E-state index in [1.165, 1.54) is 18.3 Å². The molecular weight excluding hydrogens is 248 g/mol. The molecule has 0 aliphatic heterocycles. The maximum absolute atomic E-state index is 11.9. The second kappa shape index (κ2) is 6.53. The fraction of sp³-hybridized carbons (Fsp3) is 0.308. The van der Waals surface area contributed by atoms with Crippen molar-refractivity contribution in [2.45, 2.75) is 6.92 Å². The lowest BCUT2D eigenvalue weighted by Crippen LogP contribution is -2.12. The number of benzene rings is 1. The zero-order valence-corrected chi connectivity index (χ0v) is 11.1. The predicted octanol–water partition coefficient (Wildman–Crippen LogP) is 2.06. The minimum atomic E-state index is -0.578. The summed E-state index contributed by atoms with van der Waals surface area (Å²) >= 11 is 0. The second-order valence-electron chi connectivity index (χ2n) is 4.00. The summed E-state index contributed by atoms with van der Waals surface area (Å²) in [7, 11) is 3.46. The van der Waals surface area contributed by atoms with Crippen LogP contribution in [-0.2, 0) is 9.53 Å². The number of carbonyl (C=O) groups excluding carboxylic acids is 1. The SMILES string of the molecule is CCOC(=O)/C(=C\N(C)C)c1ccccc1[N+](=O)[O-]. The number of esters is 1. The van der Waals surface area contributed by atoms with Crippen LogP contribution >= 0.6 is 0 Å². The maximum Gasteiger partial charge on any atom is 0.340 e. The highest BCUT2D eigenvalue weighted by atomic mass is 16.6. The van der Waals surface area contributed by atoms with Gasteiger partial charge in [0.1, 0.15) is 0 Å². The third-order valence-electron chi connectivity index (χ3n) is 2.27. The van der Waals surface area contributed by atoms with E-state index < -0.39 is 10.9 Å². The van der Waals surface area contributed by atoms with Crippen LogP contribution in [0.25, 0.3) is 5.57 Å². The molecule has 0 bridgehead atoms. The van der Waals surface area contributed by atoms with Gasteiger partial charge >= 0.3 is 5.97 Å². The Morgan fingerprint density at radius 2 is 2.05 bits per heavy atom. The first-order valence-corrected chi connectivity index (χ1v) is 5.76. The van der Waals surface area contributed by atoms with E-state index in [2.05, 4.69) is 0 Å². The molecule has 0 saturated heterocycles. The van der Waals surface area contributed by atoms with Gasteiger partial charge in [-0.2, -0.15) is 0 Å². The Hall–Kier alpha value is -2.37. The molecule has 0 N–H and O–H groups in total. The number of nitro groups is 1. The van der Waals surface area contributed by atoms with Crippen LogP contribution in [0.5, 0.6) is 0 Å². The van der Waals surface area contributed by atoms with Crippen molar-refractivity contribution in [3.05, 3.63) is 46.1 Å². The Balaban J connectivity index is 3.34. The highest BCUT2D eigenvalue weighted by Crippen LogP contribution is 2.26. The van der Waals surface area contributed by atoms with Gasteiger partial charge in [0.05, 0.1) is 22.7 Å². The van der Waals surface area contributed by atoms with Crippen molar-refractivity contribution in [2.24, 2.45) is 0 Å². The lowest BCUT2D eigenvalue weighted by molar-refractivity contribution is -0.385. The average molecular weight is 264 g/mol. The van der Waals surface area contributed by atoms with Gasteiger partial charge in [-0.15, -0.1) is 0 Å². The summed E-state index contributed by atoms with van der Waals surface area (Å²) in [5, 5.41) is 11.0. The molecule has 19 heavy (non-hydrogen) atoms. The van der Waals surface area contributed by atoms with Crippen molar-refractivity contribution in [3.63, 3.8) is 0 Å². The molecule has 0 aliphatic rings. The molecule has 0 aliphatic carbocycles. The number of carbonyl (C=O) groups is 1. The summed E-state index contributed by atoms with van der Waals surface area (Å²) < 4.78 is 4.94. The van der Waals surface area contributed by atoms with Gasteiger partial charge in [-0.1, -0.05) is 12.1 Å². The van der Waals surface area contributed by atoms with Crippen LogP contribution in [0.3, 0.4) is 0 Å².